The number of hydrogen-bond acceptors (Lipinski definition) is 5. The van der Waals surface area contributed by atoms with E-state index in [1.54, 1.807) is 45.0 Å². The summed E-state index contributed by atoms with van der Waals surface area (Å²) in [4.78, 5) is 12.5. The van der Waals surface area contributed by atoms with Gasteiger partial charge in [0.15, 0.2) is 0 Å². The molecule has 4 N–H and O–H groups in total. The van der Waals surface area contributed by atoms with Gasteiger partial charge in [-0.15, -0.1) is 0 Å². The molecule has 1 aromatic rings. The van der Waals surface area contributed by atoms with Gasteiger partial charge in [0, 0.05) is 24.4 Å². The summed E-state index contributed by atoms with van der Waals surface area (Å²) in [6, 6.07) is 6.80. The fourth-order valence-corrected chi connectivity index (χ4v) is 4.30. The Morgan fingerprint density at radius 3 is 2.52 bits per heavy atom. The number of nitrogens with two attached hydrogens (primary N) is 1. The molecule has 0 unspecified atom stereocenters. The predicted molar refractivity (Wildman–Crippen MR) is 97.6 cm³/mol. The Labute approximate surface area is 149 Å². The minimum absolute atomic E-state index is 0.157. The van der Waals surface area contributed by atoms with Crippen molar-refractivity contribution in [2.75, 3.05) is 18.5 Å². The zero-order valence-corrected chi connectivity index (χ0v) is 15.8. The van der Waals surface area contributed by atoms with Crippen molar-refractivity contribution >= 4 is 21.6 Å². The van der Waals surface area contributed by atoms with Gasteiger partial charge in [-0.3, -0.25) is 4.79 Å². The summed E-state index contributed by atoms with van der Waals surface area (Å²) in [6.07, 6.45) is 0.921. The van der Waals surface area contributed by atoms with Gasteiger partial charge in [-0.2, -0.15) is 0 Å². The number of anilines is 1. The van der Waals surface area contributed by atoms with Gasteiger partial charge >= 0.3 is 0 Å². The first-order valence-electron chi connectivity index (χ1n) is 8.28. The summed E-state index contributed by atoms with van der Waals surface area (Å²) in [5.41, 5.74) is 5.79. The summed E-state index contributed by atoms with van der Waals surface area (Å²) in [5.74, 6) is -0.432. The highest BCUT2D eigenvalue weighted by Gasteiger charge is 2.35. The van der Waals surface area contributed by atoms with Crippen LogP contribution in [0, 0.1) is 0 Å². The van der Waals surface area contributed by atoms with Crippen molar-refractivity contribution in [2.45, 2.75) is 50.4 Å². The lowest BCUT2D eigenvalue weighted by Gasteiger charge is -2.31. The number of amides is 1. The molecule has 1 aliphatic rings. The second kappa shape index (κ2) is 7.41. The van der Waals surface area contributed by atoms with Crippen LogP contribution in [0.2, 0.25) is 0 Å². The van der Waals surface area contributed by atoms with Crippen molar-refractivity contribution in [3.05, 3.63) is 29.8 Å². The third kappa shape index (κ3) is 6.07. The van der Waals surface area contributed by atoms with Crippen molar-refractivity contribution in [1.82, 2.24) is 4.72 Å². The first kappa shape index (κ1) is 19.8. The quantitative estimate of drug-likeness (QED) is 0.726. The summed E-state index contributed by atoms with van der Waals surface area (Å²) in [7, 11) is -3.47. The molecule has 0 saturated carbocycles. The maximum absolute atomic E-state index is 12.5. The van der Waals surface area contributed by atoms with E-state index >= 15 is 0 Å². The van der Waals surface area contributed by atoms with Crippen LogP contribution in [-0.2, 0) is 25.3 Å². The van der Waals surface area contributed by atoms with Crippen molar-refractivity contribution in [3.63, 3.8) is 0 Å². The molecular weight excluding hydrogens is 342 g/mol. The predicted octanol–water partition coefficient (Wildman–Crippen LogP) is 1.35. The van der Waals surface area contributed by atoms with Crippen LogP contribution in [0.1, 0.15) is 39.2 Å². The molecule has 0 atom stereocenters. The standard InChI is InChI=1S/C17H27N3O4S/c1-16(2,3)20-25(22,23)12-13-5-4-6-14(11-13)19-15(21)17(18)7-9-24-10-8-17/h4-6,11,20H,7-10,12,18H2,1-3H3,(H,19,21). The Morgan fingerprint density at radius 1 is 1.28 bits per heavy atom. The average Bonchev–Trinajstić information content (AvgIpc) is 2.45. The average molecular weight is 369 g/mol. The van der Waals surface area contributed by atoms with Crippen LogP contribution < -0.4 is 15.8 Å². The summed E-state index contributed by atoms with van der Waals surface area (Å²) in [6.45, 7) is 6.28. The summed E-state index contributed by atoms with van der Waals surface area (Å²) < 4.78 is 32.3. The smallest absolute Gasteiger partial charge is 0.244 e. The third-order valence-electron chi connectivity index (χ3n) is 3.84. The molecule has 1 saturated heterocycles. The fourth-order valence-electron chi connectivity index (χ4n) is 2.68. The SMILES string of the molecule is CC(C)(C)NS(=O)(=O)Cc1cccc(NC(=O)C2(N)CCOCC2)c1. The van der Waals surface area contributed by atoms with E-state index in [2.05, 4.69) is 10.0 Å². The number of sulfonamides is 1. The monoisotopic (exact) mass is 369 g/mol. The molecule has 8 heteroatoms. The van der Waals surface area contributed by atoms with E-state index in [-0.39, 0.29) is 11.7 Å². The highest BCUT2D eigenvalue weighted by molar-refractivity contribution is 7.88. The molecule has 1 aliphatic heterocycles. The van der Waals surface area contributed by atoms with Gasteiger partial charge in [0.25, 0.3) is 0 Å². The van der Waals surface area contributed by atoms with Crippen LogP contribution in [0.5, 0.6) is 0 Å². The van der Waals surface area contributed by atoms with Gasteiger partial charge < -0.3 is 15.8 Å². The van der Waals surface area contributed by atoms with E-state index in [0.29, 0.717) is 37.3 Å². The minimum atomic E-state index is -3.47. The molecule has 1 heterocycles. The van der Waals surface area contributed by atoms with E-state index < -0.39 is 21.1 Å². The first-order chi connectivity index (χ1) is 11.5. The van der Waals surface area contributed by atoms with E-state index in [4.69, 9.17) is 10.5 Å². The van der Waals surface area contributed by atoms with Crippen LogP contribution in [0.4, 0.5) is 5.69 Å². The lowest BCUT2D eigenvalue weighted by atomic mass is 9.90. The van der Waals surface area contributed by atoms with Crippen LogP contribution in [0.3, 0.4) is 0 Å². The Morgan fingerprint density at radius 2 is 1.92 bits per heavy atom. The Balaban J connectivity index is 2.07. The highest BCUT2D eigenvalue weighted by Crippen LogP contribution is 2.21. The number of carbonyl (C=O) groups is 1. The van der Waals surface area contributed by atoms with Gasteiger partial charge in [0.05, 0.1) is 5.75 Å². The number of nitrogens with one attached hydrogen (secondary N) is 2. The zero-order valence-electron chi connectivity index (χ0n) is 15.0. The van der Waals surface area contributed by atoms with Crippen LogP contribution in [-0.4, -0.2) is 38.6 Å². The Bertz CT molecular complexity index is 720. The van der Waals surface area contributed by atoms with E-state index in [9.17, 15) is 13.2 Å². The molecule has 7 nitrogen and oxygen atoms in total. The zero-order chi connectivity index (χ0) is 18.7. The molecule has 1 amide bonds. The molecule has 140 valence electrons. The summed E-state index contributed by atoms with van der Waals surface area (Å²) in [5, 5.41) is 2.79. The van der Waals surface area contributed by atoms with Crippen LogP contribution in [0.25, 0.3) is 0 Å². The highest BCUT2D eigenvalue weighted by atomic mass is 32.2. The van der Waals surface area contributed by atoms with Gasteiger partial charge in [-0.25, -0.2) is 13.1 Å². The lowest BCUT2D eigenvalue weighted by Crippen LogP contribution is -2.54. The molecule has 0 aliphatic carbocycles. The van der Waals surface area contributed by atoms with Crippen molar-refractivity contribution in [3.8, 4) is 0 Å². The molecule has 1 fully saturated rings. The van der Waals surface area contributed by atoms with Gasteiger partial charge in [0.1, 0.15) is 5.54 Å². The minimum Gasteiger partial charge on any atom is -0.381 e. The topological polar surface area (TPSA) is 111 Å². The van der Waals surface area contributed by atoms with Crippen LogP contribution >= 0.6 is 0 Å². The fraction of sp³-hybridized carbons (Fsp3) is 0.588. The molecular formula is C17H27N3O4S. The third-order valence-corrected chi connectivity index (χ3v) is 5.48. The Hall–Kier alpha value is -1.48. The summed E-state index contributed by atoms with van der Waals surface area (Å²) >= 11 is 0. The van der Waals surface area contributed by atoms with Crippen molar-refractivity contribution in [2.24, 2.45) is 5.73 Å². The molecule has 2 rings (SSSR count). The van der Waals surface area contributed by atoms with Gasteiger partial charge in [-0.05, 0) is 51.3 Å². The molecule has 25 heavy (non-hydrogen) atoms. The maximum Gasteiger partial charge on any atom is 0.244 e. The largest absolute Gasteiger partial charge is 0.381 e. The van der Waals surface area contributed by atoms with E-state index in [1.807, 2.05) is 0 Å². The first-order valence-corrected chi connectivity index (χ1v) is 9.93. The molecule has 1 aromatic carbocycles. The number of hydrogen-bond donors (Lipinski definition) is 3. The van der Waals surface area contributed by atoms with Gasteiger partial charge in [0.2, 0.25) is 15.9 Å². The molecule has 0 spiro atoms. The van der Waals surface area contributed by atoms with Crippen molar-refractivity contribution in [1.29, 1.82) is 0 Å². The molecule has 0 bridgehead atoms. The molecule has 0 aromatic heterocycles. The number of ether oxygens (including phenoxy) is 1. The Kier molecular flexibility index (Phi) is 5.88. The van der Waals surface area contributed by atoms with E-state index in [0.717, 1.165) is 0 Å². The second-order valence-electron chi connectivity index (χ2n) is 7.53. The maximum atomic E-state index is 12.5. The normalized spacial score (nSPS) is 17.9. The van der Waals surface area contributed by atoms with Crippen LogP contribution in [0.15, 0.2) is 24.3 Å². The lowest BCUT2D eigenvalue weighted by molar-refractivity contribution is -0.124. The molecule has 0 radical (unpaired) electrons. The van der Waals surface area contributed by atoms with E-state index in [1.165, 1.54) is 0 Å². The number of benzene rings is 1. The second-order valence-corrected chi connectivity index (χ2v) is 9.26. The van der Waals surface area contributed by atoms with Gasteiger partial charge in [-0.1, -0.05) is 12.1 Å². The van der Waals surface area contributed by atoms with Crippen molar-refractivity contribution < 1.29 is 17.9 Å². The number of rotatable bonds is 5. The number of carbonyl (C=O) groups excluding carboxylic acids is 1.